The van der Waals surface area contributed by atoms with Crippen molar-refractivity contribution < 1.29 is 9.59 Å². The topological polar surface area (TPSA) is 97.1 Å². The van der Waals surface area contributed by atoms with Crippen molar-refractivity contribution in [3.05, 3.63) is 28.8 Å². The predicted molar refractivity (Wildman–Crippen MR) is 120 cm³/mol. The Balaban J connectivity index is 2.22. The van der Waals surface area contributed by atoms with Gasteiger partial charge in [0.05, 0.1) is 15.2 Å². The summed E-state index contributed by atoms with van der Waals surface area (Å²) >= 11 is 1.58. The number of carbonyl (C=O) groups excluding carboxylic acids is 2. The summed E-state index contributed by atoms with van der Waals surface area (Å²) in [5.74, 6) is 0.357. The molecular weight excluding hydrogens is 384 g/mol. The second-order valence-corrected chi connectivity index (χ2v) is 9.02. The number of amides is 2. The molecule has 0 bridgehead atoms. The van der Waals surface area contributed by atoms with Crippen LogP contribution in [0, 0.1) is 5.92 Å². The van der Waals surface area contributed by atoms with Gasteiger partial charge in [-0.3, -0.25) is 9.59 Å². The van der Waals surface area contributed by atoms with Crippen LogP contribution in [0.2, 0.25) is 0 Å². The van der Waals surface area contributed by atoms with Crippen molar-refractivity contribution in [1.82, 2.24) is 15.6 Å². The maximum Gasteiger partial charge on any atom is 0.243 e. The van der Waals surface area contributed by atoms with Gasteiger partial charge < -0.3 is 16.4 Å². The van der Waals surface area contributed by atoms with Crippen molar-refractivity contribution in [1.29, 1.82) is 0 Å². The van der Waals surface area contributed by atoms with Crippen LogP contribution >= 0.6 is 11.3 Å². The molecular formula is C22H34N4O2S. The fourth-order valence-electron chi connectivity index (χ4n) is 3.12. The lowest BCUT2D eigenvalue weighted by Crippen LogP contribution is -2.53. The van der Waals surface area contributed by atoms with E-state index in [9.17, 15) is 9.59 Å². The highest BCUT2D eigenvalue weighted by Gasteiger charge is 2.26. The number of benzene rings is 1. The molecule has 3 atom stereocenters. The zero-order chi connectivity index (χ0) is 21.6. The molecule has 1 heterocycles. The molecule has 0 fully saturated rings. The van der Waals surface area contributed by atoms with Crippen LogP contribution in [0.4, 0.5) is 0 Å². The van der Waals surface area contributed by atoms with Crippen molar-refractivity contribution in [2.75, 3.05) is 6.54 Å². The Labute approximate surface area is 177 Å². The Morgan fingerprint density at radius 2 is 1.90 bits per heavy atom. The fraction of sp³-hybridized carbons (Fsp3) is 0.591. The number of nitrogens with zero attached hydrogens (tertiary/aromatic N) is 1. The number of rotatable bonds is 10. The number of thiazole rings is 1. The minimum atomic E-state index is -0.661. The minimum Gasteiger partial charge on any atom is -0.350 e. The van der Waals surface area contributed by atoms with Gasteiger partial charge in [0.15, 0.2) is 0 Å². The molecule has 0 saturated carbocycles. The number of aromatic nitrogens is 1. The quantitative estimate of drug-likeness (QED) is 0.551. The van der Waals surface area contributed by atoms with Crippen LogP contribution in [0.25, 0.3) is 10.2 Å². The first kappa shape index (κ1) is 23.3. The zero-order valence-corrected chi connectivity index (χ0v) is 18.9. The largest absolute Gasteiger partial charge is 0.350 e. The van der Waals surface area contributed by atoms with E-state index in [0.717, 1.165) is 21.6 Å². The molecule has 2 amide bonds. The third-order valence-electron chi connectivity index (χ3n) is 5.39. The van der Waals surface area contributed by atoms with Crippen LogP contribution < -0.4 is 16.4 Å². The molecule has 0 spiro atoms. The van der Waals surface area contributed by atoms with E-state index in [1.165, 1.54) is 5.56 Å². The van der Waals surface area contributed by atoms with Gasteiger partial charge in [0.25, 0.3) is 0 Å². The van der Waals surface area contributed by atoms with Gasteiger partial charge in [-0.05, 0) is 29.5 Å². The van der Waals surface area contributed by atoms with Gasteiger partial charge in [-0.25, -0.2) is 4.98 Å². The van der Waals surface area contributed by atoms with Gasteiger partial charge in [-0.2, -0.15) is 0 Å². The van der Waals surface area contributed by atoms with Crippen LogP contribution in [-0.4, -0.2) is 35.4 Å². The fourth-order valence-corrected chi connectivity index (χ4v) is 4.18. The third kappa shape index (κ3) is 6.24. The SMILES string of the molecule is CCC(=O)N[C@@H](Cc1nc2ccc(C(C)C)cc2s1)C(=O)N[C@H](CN)[C@@H](C)CC. The first-order chi connectivity index (χ1) is 13.8. The molecule has 0 radical (unpaired) electrons. The van der Waals surface area contributed by atoms with Crippen LogP contribution in [0.5, 0.6) is 0 Å². The molecule has 1 aromatic carbocycles. The molecule has 0 aliphatic heterocycles. The molecule has 0 aliphatic carbocycles. The Hall–Kier alpha value is -1.99. The summed E-state index contributed by atoms with van der Waals surface area (Å²) in [4.78, 5) is 29.6. The smallest absolute Gasteiger partial charge is 0.243 e. The summed E-state index contributed by atoms with van der Waals surface area (Å²) in [6, 6.07) is 5.51. The predicted octanol–water partition coefficient (Wildman–Crippen LogP) is 3.35. The van der Waals surface area contributed by atoms with Gasteiger partial charge in [0.2, 0.25) is 11.8 Å². The highest BCUT2D eigenvalue weighted by molar-refractivity contribution is 7.18. The standard InChI is InChI=1S/C22H34N4O2S/c1-6-14(5)18(12-23)26-22(28)17(24-20(27)7-2)11-21-25-16-9-8-15(13(3)4)10-19(16)29-21/h8-10,13-14,17-18H,6-7,11-12,23H2,1-5H3,(H,24,27)(H,26,28)/t14-,17-,18+/m0/s1. The molecule has 1 aromatic heterocycles. The highest BCUT2D eigenvalue weighted by atomic mass is 32.1. The summed E-state index contributed by atoms with van der Waals surface area (Å²) in [7, 11) is 0. The normalized spacial score (nSPS) is 14.6. The lowest BCUT2D eigenvalue weighted by molar-refractivity contribution is -0.129. The summed E-state index contributed by atoms with van der Waals surface area (Å²) in [5.41, 5.74) is 8.05. The lowest BCUT2D eigenvalue weighted by Gasteiger charge is -2.26. The molecule has 6 nitrogen and oxygen atoms in total. The van der Waals surface area contributed by atoms with Crippen molar-refractivity contribution in [2.45, 2.75) is 71.9 Å². The van der Waals surface area contributed by atoms with Gasteiger partial charge >= 0.3 is 0 Å². The second kappa shape index (κ2) is 10.7. The van der Waals surface area contributed by atoms with Crippen LogP contribution in [0.15, 0.2) is 18.2 Å². The molecule has 29 heavy (non-hydrogen) atoms. The maximum atomic E-state index is 12.9. The number of carbonyl (C=O) groups is 2. The first-order valence-electron chi connectivity index (χ1n) is 10.5. The summed E-state index contributed by atoms with van der Waals surface area (Å²) in [6.45, 7) is 10.6. The summed E-state index contributed by atoms with van der Waals surface area (Å²) < 4.78 is 1.10. The van der Waals surface area contributed by atoms with Crippen molar-refractivity contribution in [3.8, 4) is 0 Å². The molecule has 0 saturated heterocycles. The van der Waals surface area contributed by atoms with E-state index in [-0.39, 0.29) is 23.8 Å². The molecule has 2 rings (SSSR count). The van der Waals surface area contributed by atoms with Crippen LogP contribution in [0.3, 0.4) is 0 Å². The van der Waals surface area contributed by atoms with E-state index < -0.39 is 6.04 Å². The van der Waals surface area contributed by atoms with Crippen molar-refractivity contribution >= 4 is 33.4 Å². The van der Waals surface area contributed by atoms with E-state index in [4.69, 9.17) is 5.73 Å². The molecule has 160 valence electrons. The van der Waals surface area contributed by atoms with E-state index >= 15 is 0 Å². The van der Waals surface area contributed by atoms with Crippen LogP contribution in [0.1, 0.15) is 63.9 Å². The minimum absolute atomic E-state index is 0.113. The van der Waals surface area contributed by atoms with E-state index in [0.29, 0.717) is 25.3 Å². The van der Waals surface area contributed by atoms with Gasteiger partial charge in [0, 0.05) is 25.4 Å². The highest BCUT2D eigenvalue weighted by Crippen LogP contribution is 2.27. The molecule has 0 aliphatic rings. The molecule has 7 heteroatoms. The van der Waals surface area contributed by atoms with Crippen molar-refractivity contribution in [2.24, 2.45) is 11.7 Å². The monoisotopic (exact) mass is 418 g/mol. The summed E-state index contributed by atoms with van der Waals surface area (Å²) in [6.07, 6.45) is 1.61. The van der Waals surface area contributed by atoms with Gasteiger partial charge in [0.1, 0.15) is 6.04 Å². The Morgan fingerprint density at radius 3 is 2.48 bits per heavy atom. The Morgan fingerprint density at radius 1 is 1.17 bits per heavy atom. The van der Waals surface area contributed by atoms with E-state index in [2.05, 4.69) is 55.4 Å². The van der Waals surface area contributed by atoms with Gasteiger partial charge in [-0.1, -0.05) is 47.1 Å². The van der Waals surface area contributed by atoms with Gasteiger partial charge in [-0.15, -0.1) is 11.3 Å². The zero-order valence-electron chi connectivity index (χ0n) is 18.1. The molecule has 4 N–H and O–H groups in total. The van der Waals surface area contributed by atoms with E-state index in [1.54, 1.807) is 18.3 Å². The average Bonchev–Trinajstić information content (AvgIpc) is 3.11. The number of nitrogens with one attached hydrogen (secondary N) is 2. The first-order valence-corrected chi connectivity index (χ1v) is 11.3. The molecule has 0 unspecified atom stereocenters. The second-order valence-electron chi connectivity index (χ2n) is 7.90. The maximum absolute atomic E-state index is 12.9. The number of nitrogens with two attached hydrogens (primary N) is 1. The van der Waals surface area contributed by atoms with E-state index in [1.807, 2.05) is 6.07 Å². The lowest BCUT2D eigenvalue weighted by atomic mass is 9.98. The molecule has 2 aromatic rings. The number of hydrogen-bond donors (Lipinski definition) is 3. The third-order valence-corrected chi connectivity index (χ3v) is 6.43. The summed E-state index contributed by atoms with van der Waals surface area (Å²) in [5, 5.41) is 6.71. The Bertz CT molecular complexity index is 833. The number of fused-ring (bicyclic) bond motifs is 1. The Kier molecular flexibility index (Phi) is 8.59. The number of hydrogen-bond acceptors (Lipinski definition) is 5. The van der Waals surface area contributed by atoms with Crippen molar-refractivity contribution in [3.63, 3.8) is 0 Å². The average molecular weight is 419 g/mol. The van der Waals surface area contributed by atoms with Crippen LogP contribution in [-0.2, 0) is 16.0 Å².